The number of aromatic nitrogens is 3. The van der Waals surface area contributed by atoms with Gasteiger partial charge in [-0.15, -0.1) is 0 Å². The fraction of sp³-hybridized carbons (Fsp3) is 0.174. The van der Waals surface area contributed by atoms with Gasteiger partial charge in [0.05, 0.1) is 17.2 Å². The third-order valence-electron chi connectivity index (χ3n) is 5.57. The highest BCUT2D eigenvalue weighted by Gasteiger charge is 2.25. The minimum atomic E-state index is -1.11. The van der Waals surface area contributed by atoms with Gasteiger partial charge in [0, 0.05) is 6.54 Å². The molecule has 1 fully saturated rings. The topological polar surface area (TPSA) is 89.2 Å². The number of rotatable bonds is 4. The Hall–Kier alpha value is -3.71. The van der Waals surface area contributed by atoms with Gasteiger partial charge in [0.25, 0.3) is 0 Å². The van der Waals surface area contributed by atoms with Crippen LogP contribution in [0.1, 0.15) is 23.0 Å². The predicted octanol–water partition coefficient (Wildman–Crippen LogP) is 3.09. The molecule has 2 N–H and O–H groups in total. The minimum Gasteiger partial charge on any atom is -0.477 e. The number of nitrogens with zero attached hydrogens (tertiary/aromatic N) is 3. The van der Waals surface area contributed by atoms with Crippen molar-refractivity contribution in [3.05, 3.63) is 82.9 Å². The molecule has 1 atom stereocenters. The average Bonchev–Trinajstić information content (AvgIpc) is 3.39. The van der Waals surface area contributed by atoms with Crippen LogP contribution in [0, 0.1) is 0 Å². The zero-order valence-corrected chi connectivity index (χ0v) is 16.2. The van der Waals surface area contributed by atoms with Crippen molar-refractivity contribution in [2.75, 3.05) is 13.1 Å². The summed E-state index contributed by atoms with van der Waals surface area (Å²) in [6.45, 7) is 1.47. The Morgan fingerprint density at radius 1 is 1.00 bits per heavy atom. The first-order chi connectivity index (χ1) is 14.6. The first kappa shape index (κ1) is 18.3. The number of fused-ring (bicyclic) bond motifs is 1. The SMILES string of the molecule is O=C(O)c1ccc2c(n1)n(C1CCNC1)c(=O)n2-c1ccc(-c2ccccc2)cc1. The van der Waals surface area contributed by atoms with E-state index in [0.29, 0.717) is 17.7 Å². The van der Waals surface area contributed by atoms with Crippen molar-refractivity contribution in [3.63, 3.8) is 0 Å². The van der Waals surface area contributed by atoms with E-state index in [2.05, 4.69) is 10.3 Å². The second-order valence-corrected chi connectivity index (χ2v) is 7.39. The molecule has 150 valence electrons. The average molecular weight is 400 g/mol. The molecule has 0 aliphatic carbocycles. The second kappa shape index (κ2) is 7.27. The molecule has 0 saturated carbocycles. The summed E-state index contributed by atoms with van der Waals surface area (Å²) >= 11 is 0. The highest BCUT2D eigenvalue weighted by atomic mass is 16.4. The Bertz CT molecular complexity index is 1280. The number of carbonyl (C=O) groups is 1. The number of hydrogen-bond donors (Lipinski definition) is 2. The zero-order chi connectivity index (χ0) is 20.7. The summed E-state index contributed by atoms with van der Waals surface area (Å²) in [6.07, 6.45) is 0.797. The van der Waals surface area contributed by atoms with Crippen LogP contribution in [0.3, 0.4) is 0 Å². The quantitative estimate of drug-likeness (QED) is 0.550. The maximum absolute atomic E-state index is 13.4. The summed E-state index contributed by atoms with van der Waals surface area (Å²) in [6, 6.07) is 20.9. The number of pyridine rings is 1. The second-order valence-electron chi connectivity index (χ2n) is 7.39. The van der Waals surface area contributed by atoms with Crippen molar-refractivity contribution in [2.24, 2.45) is 0 Å². The zero-order valence-electron chi connectivity index (χ0n) is 16.2. The molecule has 30 heavy (non-hydrogen) atoms. The van der Waals surface area contributed by atoms with Gasteiger partial charge < -0.3 is 10.4 Å². The largest absolute Gasteiger partial charge is 0.477 e. The van der Waals surface area contributed by atoms with E-state index in [1.807, 2.05) is 54.6 Å². The van der Waals surface area contributed by atoms with Gasteiger partial charge in [0.1, 0.15) is 0 Å². The Balaban J connectivity index is 1.68. The minimum absolute atomic E-state index is 0.0543. The van der Waals surface area contributed by atoms with E-state index in [0.717, 1.165) is 29.8 Å². The van der Waals surface area contributed by atoms with Crippen molar-refractivity contribution < 1.29 is 9.90 Å². The van der Waals surface area contributed by atoms with Gasteiger partial charge in [-0.2, -0.15) is 0 Å². The number of hydrogen-bond acceptors (Lipinski definition) is 4. The van der Waals surface area contributed by atoms with Gasteiger partial charge in [-0.1, -0.05) is 42.5 Å². The lowest BCUT2D eigenvalue weighted by Crippen LogP contribution is -2.28. The summed E-state index contributed by atoms with van der Waals surface area (Å²) in [7, 11) is 0. The van der Waals surface area contributed by atoms with Crippen LogP contribution < -0.4 is 11.0 Å². The lowest BCUT2D eigenvalue weighted by Gasteiger charge is -2.09. The summed E-state index contributed by atoms with van der Waals surface area (Å²) in [5.41, 5.74) is 3.61. The molecule has 5 rings (SSSR count). The number of carboxylic acids is 1. The molecule has 0 bridgehead atoms. The molecule has 4 aromatic rings. The molecule has 7 nitrogen and oxygen atoms in total. The van der Waals surface area contributed by atoms with Crippen molar-refractivity contribution in [2.45, 2.75) is 12.5 Å². The van der Waals surface area contributed by atoms with Gasteiger partial charge in [-0.05, 0) is 48.4 Å². The van der Waals surface area contributed by atoms with Crippen LogP contribution in [-0.2, 0) is 0 Å². The Morgan fingerprint density at radius 3 is 2.40 bits per heavy atom. The van der Waals surface area contributed by atoms with Gasteiger partial charge in [-0.25, -0.2) is 14.6 Å². The molecule has 7 heteroatoms. The molecule has 3 heterocycles. The molecule has 1 saturated heterocycles. The number of nitrogens with one attached hydrogen (secondary N) is 1. The molecule has 2 aromatic carbocycles. The molecule has 1 aliphatic rings. The molecule has 2 aromatic heterocycles. The summed E-state index contributed by atoms with van der Waals surface area (Å²) in [5.74, 6) is -1.11. The smallest absolute Gasteiger partial charge is 0.354 e. The summed E-state index contributed by atoms with van der Waals surface area (Å²) < 4.78 is 3.24. The van der Waals surface area contributed by atoms with Gasteiger partial charge >= 0.3 is 11.7 Å². The van der Waals surface area contributed by atoms with Crippen molar-refractivity contribution in [1.82, 2.24) is 19.4 Å². The molecule has 1 aliphatic heterocycles. The van der Waals surface area contributed by atoms with Crippen LogP contribution in [0.4, 0.5) is 0 Å². The molecular weight excluding hydrogens is 380 g/mol. The third kappa shape index (κ3) is 3.00. The normalized spacial score (nSPS) is 16.2. The standard InChI is InChI=1S/C23H20N4O3/c28-22(29)19-10-11-20-21(25-19)27(18-12-13-24-14-18)23(30)26(20)17-8-6-16(7-9-17)15-4-2-1-3-5-15/h1-11,18,24H,12-14H2,(H,28,29). The highest BCUT2D eigenvalue weighted by molar-refractivity contribution is 5.88. The maximum Gasteiger partial charge on any atom is 0.354 e. The summed E-state index contributed by atoms with van der Waals surface area (Å²) in [4.78, 5) is 29.2. The van der Waals surface area contributed by atoms with Crippen LogP contribution in [0.2, 0.25) is 0 Å². The van der Waals surface area contributed by atoms with E-state index >= 15 is 0 Å². The van der Waals surface area contributed by atoms with E-state index in [-0.39, 0.29) is 17.4 Å². The van der Waals surface area contributed by atoms with Crippen LogP contribution >= 0.6 is 0 Å². The number of aromatic carboxylic acids is 1. The van der Waals surface area contributed by atoms with Crippen LogP contribution in [0.5, 0.6) is 0 Å². The van der Waals surface area contributed by atoms with Crippen molar-refractivity contribution >= 4 is 17.1 Å². The fourth-order valence-corrected chi connectivity index (χ4v) is 4.09. The highest BCUT2D eigenvalue weighted by Crippen LogP contribution is 2.25. The van der Waals surface area contributed by atoms with E-state index in [4.69, 9.17) is 0 Å². The lowest BCUT2D eigenvalue weighted by atomic mass is 10.1. The maximum atomic E-state index is 13.4. The fourth-order valence-electron chi connectivity index (χ4n) is 4.09. The predicted molar refractivity (Wildman–Crippen MR) is 114 cm³/mol. The van der Waals surface area contributed by atoms with E-state index in [1.54, 1.807) is 15.2 Å². The number of imidazole rings is 1. The first-order valence-electron chi connectivity index (χ1n) is 9.87. The number of carboxylic acid groups (broad SMARTS) is 1. The van der Waals surface area contributed by atoms with E-state index in [9.17, 15) is 14.7 Å². The molecule has 0 spiro atoms. The Kier molecular flexibility index (Phi) is 4.44. The first-order valence-corrected chi connectivity index (χ1v) is 9.87. The molecular formula is C23H20N4O3. The Morgan fingerprint density at radius 2 is 1.73 bits per heavy atom. The van der Waals surface area contributed by atoms with Gasteiger partial charge in [0.2, 0.25) is 0 Å². The molecule has 0 radical (unpaired) electrons. The van der Waals surface area contributed by atoms with Crippen LogP contribution in [0.15, 0.2) is 71.5 Å². The number of benzene rings is 2. The van der Waals surface area contributed by atoms with E-state index in [1.165, 1.54) is 6.07 Å². The lowest BCUT2D eigenvalue weighted by molar-refractivity contribution is 0.0691. The van der Waals surface area contributed by atoms with Crippen LogP contribution in [0.25, 0.3) is 28.0 Å². The molecule has 0 amide bonds. The monoisotopic (exact) mass is 400 g/mol. The van der Waals surface area contributed by atoms with Crippen molar-refractivity contribution in [3.8, 4) is 16.8 Å². The van der Waals surface area contributed by atoms with Gasteiger partial charge in [0.15, 0.2) is 11.3 Å². The Labute approximate surface area is 172 Å². The van der Waals surface area contributed by atoms with Gasteiger partial charge in [-0.3, -0.25) is 9.13 Å². The third-order valence-corrected chi connectivity index (χ3v) is 5.57. The van der Waals surface area contributed by atoms with E-state index < -0.39 is 5.97 Å². The molecule has 1 unspecified atom stereocenters. The van der Waals surface area contributed by atoms with Crippen molar-refractivity contribution in [1.29, 1.82) is 0 Å². The summed E-state index contributed by atoms with van der Waals surface area (Å²) in [5, 5.41) is 12.6. The van der Waals surface area contributed by atoms with Crippen LogP contribution in [-0.4, -0.2) is 38.3 Å².